The zero-order chi connectivity index (χ0) is 16.8. The summed E-state index contributed by atoms with van der Waals surface area (Å²) in [4.78, 5) is 13.1. The molecule has 0 radical (unpaired) electrons. The van der Waals surface area contributed by atoms with Gasteiger partial charge in [-0.2, -0.15) is 0 Å². The van der Waals surface area contributed by atoms with E-state index in [2.05, 4.69) is 0 Å². The van der Waals surface area contributed by atoms with Crippen molar-refractivity contribution >= 4 is 5.78 Å². The summed E-state index contributed by atoms with van der Waals surface area (Å²) in [6, 6.07) is 27.5. The van der Waals surface area contributed by atoms with Crippen LogP contribution in [0.2, 0.25) is 0 Å². The fraction of sp³-hybridized carbons (Fsp3) is 0. The Morgan fingerprint density at radius 1 is 0.520 bits per heavy atom. The molecule has 0 N–H and O–H groups in total. The maximum Gasteiger partial charge on any atom is 0.198 e. The summed E-state index contributed by atoms with van der Waals surface area (Å²) in [5.74, 6) is 1.44. The van der Waals surface area contributed by atoms with Gasteiger partial charge in [0.1, 0.15) is 11.5 Å². The van der Waals surface area contributed by atoms with E-state index < -0.39 is 0 Å². The van der Waals surface area contributed by atoms with Crippen LogP contribution in [-0.4, -0.2) is 5.78 Å². The quantitative estimate of drug-likeness (QED) is 0.409. The van der Waals surface area contributed by atoms with Crippen LogP contribution in [0.4, 0.5) is 0 Å². The first-order valence-electron chi connectivity index (χ1n) is 8.26. The molecule has 0 amide bonds. The topological polar surface area (TPSA) is 30.2 Å². The molecule has 0 bridgehead atoms. The monoisotopic (exact) mass is 322 g/mol. The van der Waals surface area contributed by atoms with Crippen molar-refractivity contribution in [3.05, 3.63) is 96.1 Å². The average Bonchev–Trinajstić information content (AvgIpc) is 3.21. The summed E-state index contributed by atoms with van der Waals surface area (Å²) >= 11 is 0. The molecule has 0 aliphatic heterocycles. The normalized spacial score (nSPS) is 12.1. The molecule has 2 nitrogen and oxygen atoms in total. The molecule has 0 saturated carbocycles. The minimum absolute atomic E-state index is 0.0374. The maximum atomic E-state index is 13.1. The Morgan fingerprint density at radius 3 is 1.60 bits per heavy atom. The molecule has 0 unspecified atom stereocenters. The van der Waals surface area contributed by atoms with Gasteiger partial charge in [-0.3, -0.25) is 4.79 Å². The molecular formula is C23H14O2. The van der Waals surface area contributed by atoms with Gasteiger partial charge in [-0.15, -0.1) is 0 Å². The van der Waals surface area contributed by atoms with E-state index in [4.69, 9.17) is 4.42 Å². The molecular weight excluding hydrogens is 308 g/mol. The van der Waals surface area contributed by atoms with Crippen molar-refractivity contribution < 1.29 is 9.21 Å². The fourth-order valence-electron chi connectivity index (χ4n) is 3.52. The van der Waals surface area contributed by atoms with E-state index in [1.165, 1.54) is 0 Å². The van der Waals surface area contributed by atoms with E-state index in [1.54, 1.807) is 0 Å². The lowest BCUT2D eigenvalue weighted by atomic mass is 10.0. The zero-order valence-electron chi connectivity index (χ0n) is 13.4. The third kappa shape index (κ3) is 2.01. The highest BCUT2D eigenvalue weighted by Crippen LogP contribution is 2.49. The molecule has 2 heteroatoms. The molecule has 1 aromatic heterocycles. The van der Waals surface area contributed by atoms with Gasteiger partial charge in [0.05, 0.1) is 5.56 Å². The van der Waals surface area contributed by atoms with E-state index in [9.17, 15) is 4.79 Å². The molecule has 0 spiro atoms. The second-order valence-corrected chi connectivity index (χ2v) is 6.12. The zero-order valence-corrected chi connectivity index (χ0v) is 13.4. The molecule has 0 saturated heterocycles. The largest absolute Gasteiger partial charge is 0.455 e. The summed E-state index contributed by atoms with van der Waals surface area (Å²) in [5.41, 5.74) is 5.18. The number of rotatable bonds is 2. The van der Waals surface area contributed by atoms with Crippen molar-refractivity contribution in [2.24, 2.45) is 0 Å². The molecule has 1 heterocycles. The Hall–Kier alpha value is -3.39. The maximum absolute atomic E-state index is 13.1. The number of benzene rings is 3. The van der Waals surface area contributed by atoms with Crippen molar-refractivity contribution in [1.29, 1.82) is 0 Å². The van der Waals surface area contributed by atoms with Crippen molar-refractivity contribution in [3.63, 3.8) is 0 Å². The predicted molar refractivity (Wildman–Crippen MR) is 98.4 cm³/mol. The summed E-state index contributed by atoms with van der Waals surface area (Å²) in [6.07, 6.45) is 0. The van der Waals surface area contributed by atoms with Crippen molar-refractivity contribution in [1.82, 2.24) is 0 Å². The third-order valence-corrected chi connectivity index (χ3v) is 4.65. The molecule has 118 valence electrons. The lowest BCUT2D eigenvalue weighted by molar-refractivity contribution is 0.104. The molecule has 4 aromatic rings. The lowest BCUT2D eigenvalue weighted by Gasteiger charge is -2.03. The molecule has 1 aliphatic rings. The molecule has 5 rings (SSSR count). The fourth-order valence-corrected chi connectivity index (χ4v) is 3.52. The summed E-state index contributed by atoms with van der Waals surface area (Å²) < 4.78 is 6.27. The Bertz CT molecular complexity index is 1090. The standard InChI is InChI=1S/C23H14O2/c24-21-18-14-8-7-13-17(18)19-20(21)23(16-11-5-2-6-12-16)25-22(19)15-9-3-1-4-10-15/h1-14H. The van der Waals surface area contributed by atoms with Crippen LogP contribution in [0.5, 0.6) is 0 Å². The summed E-state index contributed by atoms with van der Waals surface area (Å²) in [6.45, 7) is 0. The highest BCUT2D eigenvalue weighted by Gasteiger charge is 2.36. The second kappa shape index (κ2) is 5.32. The van der Waals surface area contributed by atoms with Crippen molar-refractivity contribution in [3.8, 4) is 33.8 Å². The van der Waals surface area contributed by atoms with Crippen LogP contribution < -0.4 is 0 Å². The van der Waals surface area contributed by atoms with Crippen LogP contribution in [0.3, 0.4) is 0 Å². The van der Waals surface area contributed by atoms with Crippen molar-refractivity contribution in [2.75, 3.05) is 0 Å². The predicted octanol–water partition coefficient (Wildman–Crippen LogP) is 5.83. The molecule has 1 aliphatic carbocycles. The second-order valence-electron chi connectivity index (χ2n) is 6.12. The van der Waals surface area contributed by atoms with Gasteiger partial charge in [-0.25, -0.2) is 0 Å². The summed E-state index contributed by atoms with van der Waals surface area (Å²) in [7, 11) is 0. The lowest BCUT2D eigenvalue weighted by Crippen LogP contribution is -1.96. The number of hydrogen-bond acceptors (Lipinski definition) is 2. The van der Waals surface area contributed by atoms with Crippen LogP contribution in [-0.2, 0) is 0 Å². The Labute approximate surface area is 145 Å². The number of ketones is 1. The third-order valence-electron chi connectivity index (χ3n) is 4.65. The highest BCUT2D eigenvalue weighted by atomic mass is 16.3. The van der Waals surface area contributed by atoms with Gasteiger partial charge in [-0.05, 0) is 5.56 Å². The molecule has 3 aromatic carbocycles. The number of carbonyl (C=O) groups is 1. The van der Waals surface area contributed by atoms with Gasteiger partial charge >= 0.3 is 0 Å². The number of hydrogen-bond donors (Lipinski definition) is 0. The van der Waals surface area contributed by atoms with E-state index in [0.717, 1.165) is 33.6 Å². The Morgan fingerprint density at radius 2 is 1.00 bits per heavy atom. The molecule has 25 heavy (non-hydrogen) atoms. The van der Waals surface area contributed by atoms with Crippen LogP contribution in [0.25, 0.3) is 33.8 Å². The van der Waals surface area contributed by atoms with E-state index in [0.29, 0.717) is 11.3 Å². The van der Waals surface area contributed by atoms with E-state index in [1.807, 2.05) is 84.9 Å². The van der Waals surface area contributed by atoms with E-state index >= 15 is 0 Å². The van der Waals surface area contributed by atoms with Crippen molar-refractivity contribution in [2.45, 2.75) is 0 Å². The SMILES string of the molecule is O=C1c2ccccc2-c2c(-c3ccccc3)oc(-c3ccccc3)c21. The van der Waals surface area contributed by atoms with Gasteiger partial charge < -0.3 is 4.42 Å². The highest BCUT2D eigenvalue weighted by molar-refractivity contribution is 6.26. The molecule has 0 atom stereocenters. The number of furan rings is 1. The van der Waals surface area contributed by atoms with Gasteiger partial charge in [0.2, 0.25) is 0 Å². The van der Waals surface area contributed by atoms with Crippen LogP contribution in [0, 0.1) is 0 Å². The first-order chi connectivity index (χ1) is 12.3. The van der Waals surface area contributed by atoms with Gasteiger partial charge in [0, 0.05) is 22.3 Å². The minimum Gasteiger partial charge on any atom is -0.455 e. The van der Waals surface area contributed by atoms with Crippen LogP contribution >= 0.6 is 0 Å². The Balaban J connectivity index is 1.86. The first-order valence-corrected chi connectivity index (χ1v) is 8.26. The van der Waals surface area contributed by atoms with Gasteiger partial charge in [-0.1, -0.05) is 84.9 Å². The number of carbonyl (C=O) groups excluding carboxylic acids is 1. The van der Waals surface area contributed by atoms with Gasteiger partial charge in [0.15, 0.2) is 5.78 Å². The van der Waals surface area contributed by atoms with E-state index in [-0.39, 0.29) is 5.78 Å². The number of fused-ring (bicyclic) bond motifs is 3. The Kier molecular flexibility index (Phi) is 2.98. The average molecular weight is 322 g/mol. The minimum atomic E-state index is 0.0374. The smallest absolute Gasteiger partial charge is 0.198 e. The summed E-state index contributed by atoms with van der Waals surface area (Å²) in [5, 5.41) is 0. The van der Waals surface area contributed by atoms with Crippen LogP contribution in [0.15, 0.2) is 89.3 Å². The van der Waals surface area contributed by atoms with Gasteiger partial charge in [0.25, 0.3) is 0 Å². The molecule has 0 fully saturated rings. The van der Waals surface area contributed by atoms with Crippen LogP contribution in [0.1, 0.15) is 15.9 Å². The first kappa shape index (κ1) is 14.0.